The molecule has 1 heterocycles. The third kappa shape index (κ3) is 2.41. The summed E-state index contributed by atoms with van der Waals surface area (Å²) in [7, 11) is 0. The molecule has 7 heteroatoms. The molecular formula is C12H14N4O2S. The van der Waals surface area contributed by atoms with Crippen LogP contribution in [-0.2, 0) is 0 Å². The zero-order valence-corrected chi connectivity index (χ0v) is 11.7. The van der Waals surface area contributed by atoms with Crippen LogP contribution >= 0.6 is 12.2 Å². The summed E-state index contributed by atoms with van der Waals surface area (Å²) in [5.41, 5.74) is 1.39. The second-order valence-corrected chi connectivity index (χ2v) is 4.96. The average molecular weight is 278 g/mol. The Bertz CT molecular complexity index is 687. The molecule has 0 bridgehead atoms. The number of nitro groups is 1. The molecule has 0 amide bonds. The van der Waals surface area contributed by atoms with Crippen LogP contribution in [0.25, 0.3) is 11.4 Å². The zero-order chi connectivity index (χ0) is 14.2. The van der Waals surface area contributed by atoms with E-state index >= 15 is 0 Å². The first-order valence-corrected chi connectivity index (χ1v) is 6.25. The molecule has 0 aliphatic heterocycles. The highest BCUT2D eigenvalue weighted by molar-refractivity contribution is 7.71. The maximum absolute atomic E-state index is 11.0. The fourth-order valence-electron chi connectivity index (χ4n) is 1.93. The molecule has 19 heavy (non-hydrogen) atoms. The van der Waals surface area contributed by atoms with Gasteiger partial charge in [0.25, 0.3) is 5.69 Å². The molecule has 0 fully saturated rings. The van der Waals surface area contributed by atoms with Gasteiger partial charge in [0.2, 0.25) is 0 Å². The molecule has 0 aliphatic carbocycles. The van der Waals surface area contributed by atoms with Crippen LogP contribution in [0.1, 0.15) is 25.5 Å². The number of aromatic nitrogens is 3. The number of nitrogens with one attached hydrogen (secondary N) is 1. The van der Waals surface area contributed by atoms with Gasteiger partial charge in [-0.15, -0.1) is 0 Å². The second-order valence-electron chi connectivity index (χ2n) is 4.57. The lowest BCUT2D eigenvalue weighted by Gasteiger charge is -2.10. The molecule has 0 aliphatic rings. The fourth-order valence-corrected chi connectivity index (χ4v) is 2.28. The highest BCUT2D eigenvalue weighted by Crippen LogP contribution is 2.27. The van der Waals surface area contributed by atoms with Crippen molar-refractivity contribution in [3.8, 4) is 11.4 Å². The Labute approximate surface area is 115 Å². The summed E-state index contributed by atoms with van der Waals surface area (Å²) in [6, 6.07) is 5.18. The molecule has 1 N–H and O–H groups in total. The highest BCUT2D eigenvalue weighted by atomic mass is 32.1. The predicted molar refractivity (Wildman–Crippen MR) is 74.6 cm³/mol. The minimum Gasteiger partial charge on any atom is -0.298 e. The number of rotatable bonds is 3. The Kier molecular flexibility index (Phi) is 3.48. The summed E-state index contributed by atoms with van der Waals surface area (Å²) >= 11 is 5.17. The van der Waals surface area contributed by atoms with Crippen molar-refractivity contribution in [1.82, 2.24) is 14.8 Å². The van der Waals surface area contributed by atoms with Gasteiger partial charge < -0.3 is 0 Å². The highest BCUT2D eigenvalue weighted by Gasteiger charge is 2.16. The van der Waals surface area contributed by atoms with Crippen LogP contribution < -0.4 is 0 Å². The molecule has 1 aromatic heterocycles. The van der Waals surface area contributed by atoms with E-state index in [2.05, 4.69) is 10.2 Å². The van der Waals surface area contributed by atoms with E-state index in [1.807, 2.05) is 24.5 Å². The van der Waals surface area contributed by atoms with Gasteiger partial charge in [0.15, 0.2) is 10.6 Å². The van der Waals surface area contributed by atoms with Gasteiger partial charge >= 0.3 is 0 Å². The van der Waals surface area contributed by atoms with Crippen LogP contribution in [-0.4, -0.2) is 19.7 Å². The van der Waals surface area contributed by atoms with E-state index in [0.29, 0.717) is 21.7 Å². The minimum atomic E-state index is -0.389. The van der Waals surface area contributed by atoms with Crippen LogP contribution in [0.3, 0.4) is 0 Å². The number of hydrogen-bond donors (Lipinski definition) is 1. The van der Waals surface area contributed by atoms with E-state index in [-0.39, 0.29) is 16.7 Å². The van der Waals surface area contributed by atoms with Gasteiger partial charge in [-0.1, -0.05) is 12.1 Å². The number of H-pyrrole nitrogens is 1. The van der Waals surface area contributed by atoms with Crippen molar-refractivity contribution in [3.05, 3.63) is 38.6 Å². The summed E-state index contributed by atoms with van der Waals surface area (Å²) < 4.78 is 2.34. The Hall–Kier alpha value is -2.02. The monoisotopic (exact) mass is 278 g/mol. The van der Waals surface area contributed by atoms with Crippen LogP contribution in [0.2, 0.25) is 0 Å². The van der Waals surface area contributed by atoms with E-state index in [1.54, 1.807) is 13.0 Å². The molecule has 0 unspecified atom stereocenters. The van der Waals surface area contributed by atoms with Crippen molar-refractivity contribution in [2.24, 2.45) is 0 Å². The summed E-state index contributed by atoms with van der Waals surface area (Å²) in [6.45, 7) is 5.68. The van der Waals surface area contributed by atoms with E-state index in [1.165, 1.54) is 6.07 Å². The summed E-state index contributed by atoms with van der Waals surface area (Å²) in [5, 5.41) is 17.9. The predicted octanol–water partition coefficient (Wildman–Crippen LogP) is 3.41. The fraction of sp³-hybridized carbons (Fsp3) is 0.333. The number of aryl methyl sites for hydroxylation is 1. The molecule has 0 saturated carbocycles. The van der Waals surface area contributed by atoms with Gasteiger partial charge in [0, 0.05) is 23.2 Å². The molecule has 2 rings (SSSR count). The van der Waals surface area contributed by atoms with Crippen LogP contribution in [0, 0.1) is 21.8 Å². The molecule has 0 saturated heterocycles. The summed E-state index contributed by atoms with van der Waals surface area (Å²) in [6.07, 6.45) is 0. The number of nitro benzene ring substituents is 1. The number of nitrogens with zero attached hydrogens (tertiary/aromatic N) is 3. The van der Waals surface area contributed by atoms with Gasteiger partial charge in [-0.05, 0) is 33.0 Å². The van der Waals surface area contributed by atoms with Gasteiger partial charge in [-0.25, -0.2) is 0 Å². The standard InChI is InChI=1S/C12H14N4O2S/c1-7(2)15-11(13-14-12(15)19)9-5-4-8(3)10(6-9)16(17)18/h4-7H,1-3H3,(H,14,19). The average Bonchev–Trinajstić information content (AvgIpc) is 2.71. The van der Waals surface area contributed by atoms with Crippen molar-refractivity contribution in [2.75, 3.05) is 0 Å². The van der Waals surface area contributed by atoms with Crippen molar-refractivity contribution in [2.45, 2.75) is 26.8 Å². The molecule has 2 aromatic rings. The molecular weight excluding hydrogens is 264 g/mol. The zero-order valence-electron chi connectivity index (χ0n) is 10.9. The van der Waals surface area contributed by atoms with Crippen LogP contribution in [0.5, 0.6) is 0 Å². The third-order valence-electron chi connectivity index (χ3n) is 2.88. The summed E-state index contributed by atoms with van der Waals surface area (Å²) in [5.74, 6) is 0.614. The van der Waals surface area contributed by atoms with Crippen molar-refractivity contribution in [3.63, 3.8) is 0 Å². The van der Waals surface area contributed by atoms with Crippen molar-refractivity contribution < 1.29 is 4.92 Å². The lowest BCUT2D eigenvalue weighted by molar-refractivity contribution is -0.385. The number of benzene rings is 1. The van der Waals surface area contributed by atoms with Crippen LogP contribution in [0.15, 0.2) is 18.2 Å². The Morgan fingerprint density at radius 1 is 1.47 bits per heavy atom. The third-order valence-corrected chi connectivity index (χ3v) is 3.17. The van der Waals surface area contributed by atoms with E-state index in [0.717, 1.165) is 0 Å². The molecule has 0 radical (unpaired) electrons. The van der Waals surface area contributed by atoms with E-state index < -0.39 is 0 Å². The smallest absolute Gasteiger partial charge is 0.273 e. The Balaban J connectivity index is 2.63. The topological polar surface area (TPSA) is 76.8 Å². The normalized spacial score (nSPS) is 10.9. The quantitative estimate of drug-likeness (QED) is 0.530. The van der Waals surface area contributed by atoms with Gasteiger partial charge in [0.1, 0.15) is 0 Å². The summed E-state index contributed by atoms with van der Waals surface area (Å²) in [4.78, 5) is 10.6. The van der Waals surface area contributed by atoms with E-state index in [4.69, 9.17) is 12.2 Å². The van der Waals surface area contributed by atoms with Gasteiger partial charge in [0.05, 0.1) is 4.92 Å². The van der Waals surface area contributed by atoms with Gasteiger partial charge in [-0.2, -0.15) is 5.10 Å². The second kappa shape index (κ2) is 4.93. The first kappa shape index (κ1) is 13.4. The largest absolute Gasteiger partial charge is 0.298 e. The molecule has 0 spiro atoms. The first-order valence-electron chi connectivity index (χ1n) is 5.84. The minimum absolute atomic E-state index is 0.0849. The lowest BCUT2D eigenvalue weighted by Crippen LogP contribution is -2.03. The maximum Gasteiger partial charge on any atom is 0.273 e. The number of aromatic amines is 1. The molecule has 1 aromatic carbocycles. The lowest BCUT2D eigenvalue weighted by atomic mass is 10.1. The first-order chi connectivity index (χ1) is 8.91. The van der Waals surface area contributed by atoms with Crippen molar-refractivity contribution >= 4 is 17.9 Å². The Morgan fingerprint density at radius 3 is 2.74 bits per heavy atom. The van der Waals surface area contributed by atoms with E-state index in [9.17, 15) is 10.1 Å². The molecule has 6 nitrogen and oxygen atoms in total. The molecule has 0 atom stereocenters. The SMILES string of the molecule is Cc1ccc(-c2n[nH]c(=S)n2C(C)C)cc1[N+](=O)[O-]. The number of hydrogen-bond acceptors (Lipinski definition) is 4. The molecule has 100 valence electrons. The maximum atomic E-state index is 11.0. The van der Waals surface area contributed by atoms with Gasteiger partial charge in [-0.3, -0.25) is 19.8 Å². The Morgan fingerprint density at radius 2 is 2.16 bits per heavy atom. The van der Waals surface area contributed by atoms with Crippen LogP contribution in [0.4, 0.5) is 5.69 Å². The van der Waals surface area contributed by atoms with Crippen molar-refractivity contribution in [1.29, 1.82) is 0 Å².